The summed E-state index contributed by atoms with van der Waals surface area (Å²) in [5.74, 6) is -0.216. The first-order chi connectivity index (χ1) is 6.66. The van der Waals surface area contributed by atoms with Crippen molar-refractivity contribution in [2.24, 2.45) is 0 Å². The molecule has 2 N–H and O–H groups in total. The zero-order valence-electron chi connectivity index (χ0n) is 7.49. The van der Waals surface area contributed by atoms with Crippen LogP contribution in [0.3, 0.4) is 0 Å². The zero-order valence-corrected chi connectivity index (χ0v) is 8.31. The van der Waals surface area contributed by atoms with Crippen LogP contribution in [0.5, 0.6) is 0 Å². The monoisotopic (exact) mass is 209 g/mol. The van der Waals surface area contributed by atoms with Crippen LogP contribution in [-0.2, 0) is 0 Å². The Kier molecular flexibility index (Phi) is 2.17. The summed E-state index contributed by atoms with van der Waals surface area (Å²) >= 11 is 1.29. The third-order valence-electron chi connectivity index (χ3n) is 1.85. The van der Waals surface area contributed by atoms with Crippen LogP contribution in [0.1, 0.15) is 5.56 Å². The second kappa shape index (κ2) is 3.34. The van der Waals surface area contributed by atoms with E-state index in [0.717, 1.165) is 5.56 Å². The van der Waals surface area contributed by atoms with E-state index < -0.39 is 0 Å². The Hall–Kier alpha value is -1.49. The van der Waals surface area contributed by atoms with Gasteiger partial charge in [-0.3, -0.25) is 0 Å². The van der Waals surface area contributed by atoms with Crippen LogP contribution in [0.2, 0.25) is 0 Å². The molecule has 2 aromatic rings. The second-order valence-corrected chi connectivity index (χ2v) is 3.92. The molecule has 0 radical (unpaired) electrons. The highest BCUT2D eigenvalue weighted by atomic mass is 32.1. The maximum Gasteiger partial charge on any atom is 0.203 e. The normalized spacial score (nSPS) is 10.4. The third kappa shape index (κ3) is 1.58. The van der Waals surface area contributed by atoms with E-state index in [2.05, 4.69) is 10.2 Å². The number of halogens is 1. The Morgan fingerprint density at radius 3 is 2.71 bits per heavy atom. The summed E-state index contributed by atoms with van der Waals surface area (Å²) in [6, 6.07) is 4.82. The van der Waals surface area contributed by atoms with Gasteiger partial charge in [-0.05, 0) is 30.7 Å². The van der Waals surface area contributed by atoms with Gasteiger partial charge in [0.1, 0.15) is 10.8 Å². The summed E-state index contributed by atoms with van der Waals surface area (Å²) in [4.78, 5) is 0. The Morgan fingerprint density at radius 1 is 1.36 bits per heavy atom. The van der Waals surface area contributed by atoms with Gasteiger partial charge in [-0.15, -0.1) is 10.2 Å². The molecule has 0 aliphatic rings. The fourth-order valence-electron chi connectivity index (χ4n) is 1.13. The highest BCUT2D eigenvalue weighted by Crippen LogP contribution is 2.25. The standard InChI is InChI=1S/C9H8FN3S/c1-5-4-6(2-3-7(5)10)8-12-13-9(11)14-8/h2-4H,1H3,(H2,11,13). The van der Waals surface area contributed by atoms with E-state index in [0.29, 0.717) is 15.7 Å². The molecular formula is C9H8FN3S. The number of nitrogens with two attached hydrogens (primary N) is 1. The van der Waals surface area contributed by atoms with Gasteiger partial charge in [-0.2, -0.15) is 0 Å². The van der Waals surface area contributed by atoms with E-state index in [1.807, 2.05) is 0 Å². The van der Waals surface area contributed by atoms with Gasteiger partial charge in [0, 0.05) is 5.56 Å². The van der Waals surface area contributed by atoms with Crippen LogP contribution in [-0.4, -0.2) is 10.2 Å². The fraction of sp³-hybridized carbons (Fsp3) is 0.111. The van der Waals surface area contributed by atoms with Crippen LogP contribution in [0.4, 0.5) is 9.52 Å². The largest absolute Gasteiger partial charge is 0.374 e. The Balaban J connectivity index is 2.47. The van der Waals surface area contributed by atoms with Crippen LogP contribution in [0.15, 0.2) is 18.2 Å². The van der Waals surface area contributed by atoms with E-state index in [-0.39, 0.29) is 5.82 Å². The van der Waals surface area contributed by atoms with Gasteiger partial charge >= 0.3 is 0 Å². The number of nitrogens with zero attached hydrogens (tertiary/aromatic N) is 2. The number of anilines is 1. The van der Waals surface area contributed by atoms with Crippen LogP contribution >= 0.6 is 11.3 Å². The van der Waals surface area contributed by atoms with Crippen molar-refractivity contribution < 1.29 is 4.39 Å². The molecule has 0 saturated heterocycles. The number of hydrogen-bond donors (Lipinski definition) is 1. The number of benzene rings is 1. The van der Waals surface area contributed by atoms with Gasteiger partial charge in [-0.1, -0.05) is 11.3 Å². The van der Waals surface area contributed by atoms with Gasteiger partial charge < -0.3 is 5.73 Å². The fourth-order valence-corrected chi connectivity index (χ4v) is 1.74. The first-order valence-electron chi connectivity index (χ1n) is 4.02. The lowest BCUT2D eigenvalue weighted by Crippen LogP contribution is -1.83. The summed E-state index contributed by atoms with van der Waals surface area (Å²) in [7, 11) is 0. The quantitative estimate of drug-likeness (QED) is 0.783. The molecule has 1 heterocycles. The molecule has 3 nitrogen and oxygen atoms in total. The van der Waals surface area contributed by atoms with Gasteiger partial charge in [0.05, 0.1) is 0 Å². The highest BCUT2D eigenvalue weighted by molar-refractivity contribution is 7.18. The Labute approximate surface area is 84.4 Å². The van der Waals surface area contributed by atoms with Crippen molar-refractivity contribution >= 4 is 16.5 Å². The molecule has 0 atom stereocenters. The number of aromatic nitrogens is 2. The van der Waals surface area contributed by atoms with Crippen molar-refractivity contribution in [1.82, 2.24) is 10.2 Å². The molecular weight excluding hydrogens is 201 g/mol. The lowest BCUT2D eigenvalue weighted by molar-refractivity contribution is 0.619. The maximum absolute atomic E-state index is 13.0. The molecule has 0 amide bonds. The third-order valence-corrected chi connectivity index (χ3v) is 2.65. The molecule has 0 aliphatic carbocycles. The molecule has 1 aromatic carbocycles. The van der Waals surface area contributed by atoms with E-state index in [1.165, 1.54) is 17.4 Å². The molecule has 2 rings (SSSR count). The summed E-state index contributed by atoms with van der Waals surface area (Å²) in [6.45, 7) is 1.71. The molecule has 0 fully saturated rings. The predicted octanol–water partition coefficient (Wildman–Crippen LogP) is 2.23. The lowest BCUT2D eigenvalue weighted by atomic mass is 10.1. The SMILES string of the molecule is Cc1cc(-c2nnc(N)s2)ccc1F. The molecule has 1 aromatic heterocycles. The number of hydrogen-bond acceptors (Lipinski definition) is 4. The molecule has 72 valence electrons. The minimum atomic E-state index is -0.216. The Bertz CT molecular complexity index is 467. The molecule has 5 heteroatoms. The van der Waals surface area contributed by atoms with E-state index >= 15 is 0 Å². The van der Waals surface area contributed by atoms with Gasteiger partial charge in [0.2, 0.25) is 5.13 Å². The van der Waals surface area contributed by atoms with E-state index in [1.54, 1.807) is 19.1 Å². The van der Waals surface area contributed by atoms with Crippen LogP contribution in [0.25, 0.3) is 10.6 Å². The van der Waals surface area contributed by atoms with E-state index in [4.69, 9.17) is 5.73 Å². The summed E-state index contributed by atoms with van der Waals surface area (Å²) in [6.07, 6.45) is 0. The van der Waals surface area contributed by atoms with Gasteiger partial charge in [0.15, 0.2) is 0 Å². The summed E-state index contributed by atoms with van der Waals surface area (Å²) in [5, 5.41) is 8.71. The number of rotatable bonds is 1. The molecule has 0 unspecified atom stereocenters. The first kappa shape index (κ1) is 9.08. The summed E-state index contributed by atoms with van der Waals surface area (Å²) < 4.78 is 13.0. The molecule has 14 heavy (non-hydrogen) atoms. The summed E-state index contributed by atoms with van der Waals surface area (Å²) in [5.41, 5.74) is 6.89. The van der Waals surface area contributed by atoms with Crippen molar-refractivity contribution in [2.45, 2.75) is 6.92 Å². The Morgan fingerprint density at radius 2 is 2.14 bits per heavy atom. The highest BCUT2D eigenvalue weighted by Gasteiger charge is 2.06. The van der Waals surface area contributed by atoms with Crippen molar-refractivity contribution in [2.75, 3.05) is 5.73 Å². The van der Waals surface area contributed by atoms with Crippen molar-refractivity contribution in [3.8, 4) is 10.6 Å². The van der Waals surface area contributed by atoms with Crippen LogP contribution < -0.4 is 5.73 Å². The molecule has 0 aliphatic heterocycles. The van der Waals surface area contributed by atoms with Crippen molar-refractivity contribution in [1.29, 1.82) is 0 Å². The predicted molar refractivity (Wildman–Crippen MR) is 54.5 cm³/mol. The second-order valence-electron chi connectivity index (χ2n) is 2.91. The smallest absolute Gasteiger partial charge is 0.203 e. The zero-order chi connectivity index (χ0) is 10.1. The molecule has 0 saturated carbocycles. The van der Waals surface area contributed by atoms with Gasteiger partial charge in [0.25, 0.3) is 0 Å². The lowest BCUT2D eigenvalue weighted by Gasteiger charge is -1.98. The number of nitrogen functional groups attached to an aromatic ring is 1. The number of aryl methyl sites for hydroxylation is 1. The molecule has 0 bridgehead atoms. The van der Waals surface area contributed by atoms with Crippen molar-refractivity contribution in [3.05, 3.63) is 29.6 Å². The average molecular weight is 209 g/mol. The maximum atomic E-state index is 13.0. The van der Waals surface area contributed by atoms with E-state index in [9.17, 15) is 4.39 Å². The topological polar surface area (TPSA) is 51.8 Å². The van der Waals surface area contributed by atoms with Crippen LogP contribution in [0, 0.1) is 12.7 Å². The minimum Gasteiger partial charge on any atom is -0.374 e. The van der Waals surface area contributed by atoms with Crippen molar-refractivity contribution in [3.63, 3.8) is 0 Å². The average Bonchev–Trinajstić information content (AvgIpc) is 2.57. The van der Waals surface area contributed by atoms with Gasteiger partial charge in [-0.25, -0.2) is 4.39 Å². The molecule has 0 spiro atoms. The minimum absolute atomic E-state index is 0.216. The first-order valence-corrected chi connectivity index (χ1v) is 4.84.